The van der Waals surface area contributed by atoms with Crippen molar-refractivity contribution in [3.8, 4) is 11.5 Å². The molecule has 2 aliphatic rings. The number of halogens is 2. The molecule has 3 aromatic carbocycles. The second-order valence-corrected chi connectivity index (χ2v) is 11.7. The van der Waals surface area contributed by atoms with Crippen molar-refractivity contribution in [1.29, 1.82) is 0 Å². The van der Waals surface area contributed by atoms with Crippen LogP contribution in [0.5, 0.6) is 11.5 Å². The molecule has 0 bridgehead atoms. The first-order valence-electron chi connectivity index (χ1n) is 14.6. The van der Waals surface area contributed by atoms with Crippen molar-refractivity contribution in [3.05, 3.63) is 107 Å². The highest BCUT2D eigenvalue weighted by atomic mass is 35.5. The molecule has 6 rings (SSSR count). The topological polar surface area (TPSA) is 61.2 Å². The number of methoxy groups -OCH3 is 1. The molecule has 10 heteroatoms. The highest BCUT2D eigenvalue weighted by molar-refractivity contribution is 6.35. The van der Waals surface area contributed by atoms with Crippen LogP contribution in [0.1, 0.15) is 11.1 Å². The van der Waals surface area contributed by atoms with E-state index < -0.39 is 5.79 Å². The Balaban J connectivity index is 0.996. The molecule has 2 saturated heterocycles. The lowest BCUT2D eigenvalue weighted by Crippen LogP contribution is -2.46. The Hall–Kier alpha value is -3.27. The molecule has 43 heavy (non-hydrogen) atoms. The van der Waals surface area contributed by atoms with Gasteiger partial charge >= 0.3 is 0 Å². The van der Waals surface area contributed by atoms with E-state index >= 15 is 0 Å². The molecule has 226 valence electrons. The van der Waals surface area contributed by atoms with Crippen LogP contribution in [0.2, 0.25) is 10.0 Å². The van der Waals surface area contributed by atoms with E-state index in [2.05, 4.69) is 39.0 Å². The molecule has 0 saturated carbocycles. The minimum absolute atomic E-state index is 0.277. The number of hydrogen-bond acceptors (Lipinski definition) is 7. The molecular formula is C33H36Cl2N4O4. The Morgan fingerprint density at radius 3 is 2.42 bits per heavy atom. The van der Waals surface area contributed by atoms with E-state index in [1.165, 1.54) is 11.3 Å². The molecule has 0 radical (unpaired) electrons. The predicted octanol–water partition coefficient (Wildman–Crippen LogP) is 5.91. The lowest BCUT2D eigenvalue weighted by molar-refractivity contribution is -0.189. The van der Waals surface area contributed by atoms with Gasteiger partial charge in [-0.15, -0.1) is 0 Å². The van der Waals surface area contributed by atoms with Crippen LogP contribution in [0.4, 0.5) is 5.69 Å². The minimum atomic E-state index is -1.07. The first kappa shape index (κ1) is 29.8. The summed E-state index contributed by atoms with van der Waals surface area (Å²) in [4.78, 5) is 9.12. The number of hydrogen-bond donors (Lipinski definition) is 0. The average Bonchev–Trinajstić information content (AvgIpc) is 3.70. The second-order valence-electron chi connectivity index (χ2n) is 10.9. The van der Waals surface area contributed by atoms with E-state index in [4.69, 9.17) is 42.1 Å². The number of imidazole rings is 1. The summed E-state index contributed by atoms with van der Waals surface area (Å²) in [6.45, 7) is 6.28. The summed E-state index contributed by atoms with van der Waals surface area (Å²) in [5, 5.41) is 1.04. The molecule has 4 aromatic rings. The molecule has 0 N–H and O–H groups in total. The molecule has 1 aromatic heterocycles. The zero-order valence-corrected chi connectivity index (χ0v) is 25.7. The van der Waals surface area contributed by atoms with Crippen LogP contribution in [0.3, 0.4) is 0 Å². The number of benzene rings is 3. The summed E-state index contributed by atoms with van der Waals surface area (Å²) < 4.78 is 26.1. The van der Waals surface area contributed by atoms with Gasteiger partial charge in [-0.3, -0.25) is 4.90 Å². The summed E-state index contributed by atoms with van der Waals surface area (Å²) in [5.41, 5.74) is 3.27. The fourth-order valence-corrected chi connectivity index (χ4v) is 6.18. The lowest BCUT2D eigenvalue weighted by atomic mass is 10.1. The van der Waals surface area contributed by atoms with Gasteiger partial charge in [0, 0.05) is 61.4 Å². The minimum Gasteiger partial charge on any atom is -0.497 e. The van der Waals surface area contributed by atoms with Crippen molar-refractivity contribution in [2.45, 2.75) is 24.9 Å². The fraction of sp³-hybridized carbons (Fsp3) is 0.364. The maximum absolute atomic E-state index is 6.59. The Kier molecular flexibility index (Phi) is 9.40. The normalized spacial score (nSPS) is 20.8. The van der Waals surface area contributed by atoms with Crippen LogP contribution in [-0.4, -0.2) is 73.6 Å². The van der Waals surface area contributed by atoms with Crippen molar-refractivity contribution in [3.63, 3.8) is 0 Å². The number of anilines is 1. The third-order valence-corrected chi connectivity index (χ3v) is 8.58. The molecule has 2 fully saturated rings. The molecule has 2 unspecified atom stereocenters. The van der Waals surface area contributed by atoms with E-state index in [-0.39, 0.29) is 6.10 Å². The van der Waals surface area contributed by atoms with Crippen LogP contribution in [-0.2, 0) is 28.2 Å². The van der Waals surface area contributed by atoms with E-state index in [9.17, 15) is 0 Å². The monoisotopic (exact) mass is 622 g/mol. The smallest absolute Gasteiger partial charge is 0.215 e. The third-order valence-electron chi connectivity index (χ3n) is 8.04. The number of ether oxygens (including phenoxy) is 4. The molecule has 8 nitrogen and oxygen atoms in total. The van der Waals surface area contributed by atoms with Crippen LogP contribution in [0.25, 0.3) is 0 Å². The van der Waals surface area contributed by atoms with Crippen LogP contribution >= 0.6 is 23.2 Å². The van der Waals surface area contributed by atoms with Crippen molar-refractivity contribution < 1.29 is 18.9 Å². The molecule has 0 amide bonds. The molecule has 3 heterocycles. The van der Waals surface area contributed by atoms with Crippen LogP contribution in [0.15, 0.2) is 85.5 Å². The van der Waals surface area contributed by atoms with Gasteiger partial charge in [0.15, 0.2) is 0 Å². The van der Waals surface area contributed by atoms with Crippen molar-refractivity contribution in [1.82, 2.24) is 14.5 Å². The summed E-state index contributed by atoms with van der Waals surface area (Å²) in [5.74, 6) is 0.622. The van der Waals surface area contributed by atoms with Gasteiger partial charge in [-0.25, -0.2) is 4.98 Å². The zero-order chi connectivity index (χ0) is 29.6. The first-order valence-corrected chi connectivity index (χ1v) is 15.3. The lowest BCUT2D eigenvalue weighted by Gasteiger charge is -2.36. The Morgan fingerprint density at radius 1 is 0.953 bits per heavy atom. The van der Waals surface area contributed by atoms with Gasteiger partial charge in [-0.1, -0.05) is 41.4 Å². The van der Waals surface area contributed by atoms with E-state index in [1.54, 1.807) is 31.8 Å². The third kappa shape index (κ3) is 7.28. The maximum Gasteiger partial charge on any atom is 0.215 e. The SMILES string of the molecule is COc1ccc(CCN2CCN(c3ccc(OCC4COC(Cn5ccnc5)(c5ccc(Cl)cc5Cl)O4)cc3)CC2)cc1. The maximum atomic E-state index is 6.59. The van der Waals surface area contributed by atoms with E-state index in [0.717, 1.165) is 56.2 Å². The van der Waals surface area contributed by atoms with Crippen molar-refractivity contribution >= 4 is 28.9 Å². The average molecular weight is 624 g/mol. The van der Waals surface area contributed by atoms with Gasteiger partial charge in [0.05, 0.1) is 31.6 Å². The Labute approximate surface area is 262 Å². The zero-order valence-electron chi connectivity index (χ0n) is 24.2. The number of piperazine rings is 1. The van der Waals surface area contributed by atoms with E-state index in [0.29, 0.717) is 29.8 Å². The number of aromatic nitrogens is 2. The summed E-state index contributed by atoms with van der Waals surface area (Å²) in [7, 11) is 1.70. The summed E-state index contributed by atoms with van der Waals surface area (Å²) in [6, 6.07) is 22.0. The van der Waals surface area contributed by atoms with Crippen molar-refractivity contribution in [2.75, 3.05) is 57.9 Å². The molecule has 0 aliphatic carbocycles. The highest BCUT2D eigenvalue weighted by Crippen LogP contribution is 2.40. The van der Waals surface area contributed by atoms with Crippen molar-refractivity contribution in [2.24, 2.45) is 0 Å². The Morgan fingerprint density at radius 2 is 1.72 bits per heavy atom. The molecular weight excluding hydrogens is 587 g/mol. The van der Waals surface area contributed by atoms with Gasteiger partial charge in [0.2, 0.25) is 5.79 Å². The van der Waals surface area contributed by atoms with Crippen LogP contribution in [0, 0.1) is 0 Å². The highest BCUT2D eigenvalue weighted by Gasteiger charge is 2.45. The van der Waals surface area contributed by atoms with Gasteiger partial charge in [-0.2, -0.15) is 0 Å². The first-order chi connectivity index (χ1) is 21.0. The quantitative estimate of drug-likeness (QED) is 0.206. The largest absolute Gasteiger partial charge is 0.497 e. The molecule has 2 aliphatic heterocycles. The standard InChI is InChI=1S/C33H36Cl2N4O4/c1-40-28-7-2-25(3-8-28)12-14-37-16-18-39(19-17-37)27-5-9-29(10-6-27)41-21-30-22-42-33(43-30,23-38-15-13-36-24-38)31-11-4-26(34)20-32(31)35/h2-11,13,15,20,24,30H,12,14,16-19,21-23H2,1H3. The van der Waals surface area contributed by atoms with Gasteiger partial charge < -0.3 is 28.4 Å². The Bertz CT molecular complexity index is 1460. The van der Waals surface area contributed by atoms with Gasteiger partial charge in [-0.05, 0) is 60.5 Å². The van der Waals surface area contributed by atoms with Crippen LogP contribution < -0.4 is 14.4 Å². The number of nitrogens with zero attached hydrogens (tertiary/aromatic N) is 4. The molecule has 0 spiro atoms. The molecule has 2 atom stereocenters. The van der Waals surface area contributed by atoms with Gasteiger partial charge in [0.25, 0.3) is 0 Å². The summed E-state index contributed by atoms with van der Waals surface area (Å²) >= 11 is 12.7. The number of rotatable bonds is 11. The fourth-order valence-electron chi connectivity index (χ4n) is 5.63. The predicted molar refractivity (Wildman–Crippen MR) is 168 cm³/mol. The second kappa shape index (κ2) is 13.6. The van der Waals surface area contributed by atoms with Gasteiger partial charge in [0.1, 0.15) is 24.2 Å². The summed E-state index contributed by atoms with van der Waals surface area (Å²) in [6.07, 6.45) is 6.09. The van der Waals surface area contributed by atoms with E-state index in [1.807, 2.05) is 41.1 Å².